The number of nitrogens with zero attached hydrogens (tertiary/aromatic N) is 3. The summed E-state index contributed by atoms with van der Waals surface area (Å²) in [5, 5.41) is 16.1. The second-order valence-corrected chi connectivity index (χ2v) is 12.3. The number of aromatic nitrogens is 3. The van der Waals surface area contributed by atoms with Crippen molar-refractivity contribution in [3.8, 4) is 5.75 Å². The third kappa shape index (κ3) is 7.04. The van der Waals surface area contributed by atoms with Gasteiger partial charge in [-0.25, -0.2) is 0 Å². The molecule has 42 heavy (non-hydrogen) atoms. The van der Waals surface area contributed by atoms with Gasteiger partial charge in [-0.15, -0.1) is 21.5 Å². The number of rotatable bonds is 12. The van der Waals surface area contributed by atoms with E-state index in [1.807, 2.05) is 60.9 Å². The molecule has 0 aliphatic heterocycles. The molecule has 5 rings (SSSR count). The minimum atomic E-state index is -0.303. The van der Waals surface area contributed by atoms with Crippen LogP contribution >= 0.6 is 23.1 Å². The molecule has 0 radical (unpaired) electrons. The van der Waals surface area contributed by atoms with Crippen molar-refractivity contribution in [2.45, 2.75) is 77.2 Å². The molecule has 1 atom stereocenters. The molecular weight excluding hydrogens is 567 g/mol. The number of hydrogen-bond donors (Lipinski definition) is 2. The highest BCUT2D eigenvalue weighted by Crippen LogP contribution is 2.38. The molecule has 2 aromatic carbocycles. The summed E-state index contributed by atoms with van der Waals surface area (Å²) in [4.78, 5) is 27.7. The van der Waals surface area contributed by atoms with Crippen molar-refractivity contribution in [1.29, 1.82) is 0 Å². The zero-order chi connectivity index (χ0) is 29.5. The largest absolute Gasteiger partial charge is 0.483 e. The predicted octanol–water partition coefficient (Wildman–Crippen LogP) is 6.60. The fourth-order valence-corrected chi connectivity index (χ4v) is 7.23. The first-order valence-corrected chi connectivity index (χ1v) is 16.3. The van der Waals surface area contributed by atoms with Gasteiger partial charge in [-0.05, 0) is 74.8 Å². The van der Waals surface area contributed by atoms with Gasteiger partial charge in [0.15, 0.2) is 17.1 Å². The third-order valence-corrected chi connectivity index (χ3v) is 9.52. The summed E-state index contributed by atoms with van der Waals surface area (Å²) in [6, 6.07) is 17.9. The molecule has 4 aromatic rings. The second kappa shape index (κ2) is 14.0. The van der Waals surface area contributed by atoms with Gasteiger partial charge in [-0.3, -0.25) is 9.59 Å². The predicted molar refractivity (Wildman–Crippen MR) is 168 cm³/mol. The molecular formula is C32H37N5O3S2. The van der Waals surface area contributed by atoms with Gasteiger partial charge in [-0.2, -0.15) is 0 Å². The standard InChI is InChI=1S/C32H37N5O3S2/c1-4-22-15-17-24(18-16-22)40-21(3)29-35-36-32(37(29)5-2)41-20-27(38)34-31-28(25-13-9-10-14-26(25)42-31)30(39)33-19-23-11-7-6-8-12-23/h6-8,11-12,15-18,21H,4-5,9-10,13-14,19-20H2,1-3H3,(H,33,39)(H,34,38)/t21-/m1/s1. The smallest absolute Gasteiger partial charge is 0.254 e. The van der Waals surface area contributed by atoms with Gasteiger partial charge in [0, 0.05) is 18.0 Å². The van der Waals surface area contributed by atoms with Crippen LogP contribution in [0.3, 0.4) is 0 Å². The van der Waals surface area contributed by atoms with Crippen molar-refractivity contribution in [1.82, 2.24) is 20.1 Å². The maximum atomic E-state index is 13.4. The van der Waals surface area contributed by atoms with E-state index < -0.39 is 0 Å². The Kier molecular flexibility index (Phi) is 9.97. The average Bonchev–Trinajstić information content (AvgIpc) is 3.60. The van der Waals surface area contributed by atoms with E-state index in [2.05, 4.69) is 39.9 Å². The van der Waals surface area contributed by atoms with E-state index in [9.17, 15) is 9.59 Å². The van der Waals surface area contributed by atoms with Gasteiger partial charge in [0.2, 0.25) is 5.91 Å². The lowest BCUT2D eigenvalue weighted by Crippen LogP contribution is -2.25. The molecule has 0 saturated carbocycles. The zero-order valence-corrected chi connectivity index (χ0v) is 25.9. The monoisotopic (exact) mass is 603 g/mol. The molecule has 10 heteroatoms. The molecule has 0 bridgehead atoms. The van der Waals surface area contributed by atoms with E-state index in [0.717, 1.165) is 49.0 Å². The average molecular weight is 604 g/mol. The van der Waals surface area contributed by atoms with Crippen LogP contribution < -0.4 is 15.4 Å². The van der Waals surface area contributed by atoms with Crippen molar-refractivity contribution >= 4 is 39.9 Å². The molecule has 0 saturated heterocycles. The number of hydrogen-bond acceptors (Lipinski definition) is 7. The van der Waals surface area contributed by atoms with E-state index >= 15 is 0 Å². The van der Waals surface area contributed by atoms with Crippen LogP contribution in [0.2, 0.25) is 0 Å². The molecule has 0 fully saturated rings. The third-order valence-electron chi connectivity index (χ3n) is 7.35. The highest BCUT2D eigenvalue weighted by molar-refractivity contribution is 7.99. The quantitative estimate of drug-likeness (QED) is 0.177. The Balaban J connectivity index is 1.24. The van der Waals surface area contributed by atoms with Gasteiger partial charge in [-0.1, -0.05) is 61.2 Å². The summed E-state index contributed by atoms with van der Waals surface area (Å²) in [7, 11) is 0. The molecule has 2 aromatic heterocycles. The van der Waals surface area contributed by atoms with E-state index in [1.54, 1.807) is 0 Å². The molecule has 1 aliphatic rings. The Morgan fingerprint density at radius 2 is 1.79 bits per heavy atom. The Bertz CT molecular complexity index is 1520. The first kappa shape index (κ1) is 29.8. The maximum Gasteiger partial charge on any atom is 0.254 e. The van der Waals surface area contributed by atoms with Crippen molar-refractivity contribution < 1.29 is 14.3 Å². The Morgan fingerprint density at radius 3 is 2.52 bits per heavy atom. The number of anilines is 1. The fraction of sp³-hybridized carbons (Fsp3) is 0.375. The van der Waals surface area contributed by atoms with Crippen LogP contribution in [0.25, 0.3) is 0 Å². The van der Waals surface area contributed by atoms with Crippen LogP contribution in [0, 0.1) is 0 Å². The fourth-order valence-electron chi connectivity index (χ4n) is 5.12. The number of thiophene rings is 1. The second-order valence-electron chi connectivity index (χ2n) is 10.3. The minimum absolute atomic E-state index is 0.144. The topological polar surface area (TPSA) is 98.1 Å². The van der Waals surface area contributed by atoms with E-state index in [4.69, 9.17) is 4.74 Å². The van der Waals surface area contributed by atoms with Crippen LogP contribution in [-0.4, -0.2) is 32.3 Å². The molecule has 1 aliphatic carbocycles. The van der Waals surface area contributed by atoms with Gasteiger partial charge >= 0.3 is 0 Å². The number of thioether (sulfide) groups is 1. The van der Waals surface area contributed by atoms with Crippen LogP contribution in [0.1, 0.15) is 77.5 Å². The Labute approximate surface area is 255 Å². The van der Waals surface area contributed by atoms with Gasteiger partial charge in [0.25, 0.3) is 5.91 Å². The van der Waals surface area contributed by atoms with E-state index in [1.165, 1.54) is 33.5 Å². The highest BCUT2D eigenvalue weighted by Gasteiger charge is 2.27. The lowest BCUT2D eigenvalue weighted by atomic mass is 9.95. The summed E-state index contributed by atoms with van der Waals surface area (Å²) < 4.78 is 8.12. The summed E-state index contributed by atoms with van der Waals surface area (Å²) in [6.45, 7) is 7.19. The Morgan fingerprint density at radius 1 is 1.02 bits per heavy atom. The normalized spacial score (nSPS) is 13.3. The van der Waals surface area contributed by atoms with Gasteiger partial charge in [0.05, 0.1) is 11.3 Å². The maximum absolute atomic E-state index is 13.4. The van der Waals surface area contributed by atoms with Crippen LogP contribution in [0.15, 0.2) is 59.8 Å². The van der Waals surface area contributed by atoms with Gasteiger partial charge in [0.1, 0.15) is 10.8 Å². The highest BCUT2D eigenvalue weighted by atomic mass is 32.2. The number of carbonyl (C=O) groups excluding carboxylic acids is 2. The van der Waals surface area contributed by atoms with Crippen LogP contribution in [0.4, 0.5) is 5.00 Å². The number of benzene rings is 2. The number of fused-ring (bicyclic) bond motifs is 1. The number of amides is 2. The number of carbonyl (C=O) groups is 2. The number of ether oxygens (including phenoxy) is 1. The molecule has 220 valence electrons. The van der Waals surface area contributed by atoms with E-state index in [-0.39, 0.29) is 23.7 Å². The lowest BCUT2D eigenvalue weighted by molar-refractivity contribution is -0.113. The summed E-state index contributed by atoms with van der Waals surface area (Å²) >= 11 is 2.86. The molecule has 0 spiro atoms. The molecule has 0 unspecified atom stereocenters. The summed E-state index contributed by atoms with van der Waals surface area (Å²) in [5.41, 5.74) is 3.98. The van der Waals surface area contributed by atoms with E-state index in [0.29, 0.717) is 34.6 Å². The van der Waals surface area contributed by atoms with Crippen molar-refractivity contribution in [3.63, 3.8) is 0 Å². The van der Waals surface area contributed by atoms with Crippen molar-refractivity contribution in [2.75, 3.05) is 11.1 Å². The van der Waals surface area contributed by atoms with Crippen molar-refractivity contribution in [3.05, 3.63) is 87.6 Å². The summed E-state index contributed by atoms with van der Waals surface area (Å²) in [5.74, 6) is 1.32. The van der Waals surface area contributed by atoms with Crippen LogP contribution in [0.5, 0.6) is 5.75 Å². The molecule has 2 heterocycles. The number of aryl methyl sites for hydroxylation is 2. The zero-order valence-electron chi connectivity index (χ0n) is 24.3. The molecule has 8 nitrogen and oxygen atoms in total. The Hall–Kier alpha value is -3.63. The van der Waals surface area contributed by atoms with Gasteiger partial charge < -0.3 is 19.9 Å². The first-order valence-electron chi connectivity index (χ1n) is 14.5. The lowest BCUT2D eigenvalue weighted by Gasteiger charge is -2.16. The number of nitrogens with one attached hydrogen (secondary N) is 2. The molecule has 2 N–H and O–H groups in total. The first-order chi connectivity index (χ1) is 20.5. The minimum Gasteiger partial charge on any atom is -0.483 e. The van der Waals surface area contributed by atoms with Crippen LogP contribution in [-0.2, 0) is 37.1 Å². The summed E-state index contributed by atoms with van der Waals surface area (Å²) in [6.07, 6.45) is 4.62. The SMILES string of the molecule is CCc1ccc(O[C@H](C)c2nnc(SCC(=O)Nc3sc4c(c3C(=O)NCc3ccccc3)CCCC4)n2CC)cc1. The van der Waals surface area contributed by atoms with Crippen molar-refractivity contribution in [2.24, 2.45) is 0 Å². The molecule has 2 amide bonds.